The van der Waals surface area contributed by atoms with E-state index in [9.17, 15) is 22.8 Å². The normalized spacial score (nSPS) is 31.4. The van der Waals surface area contributed by atoms with Crippen LogP contribution in [0.1, 0.15) is 64.0 Å². The average molecular weight is 561 g/mol. The number of hydrogen-bond acceptors (Lipinski definition) is 6. The van der Waals surface area contributed by atoms with E-state index in [1.54, 1.807) is 0 Å². The van der Waals surface area contributed by atoms with Gasteiger partial charge in [-0.25, -0.2) is 4.79 Å². The summed E-state index contributed by atoms with van der Waals surface area (Å²) in [6.45, 7) is 7.25. The van der Waals surface area contributed by atoms with Gasteiger partial charge in [0.2, 0.25) is 5.91 Å². The number of benzene rings is 1. The maximum atomic E-state index is 13.1. The summed E-state index contributed by atoms with van der Waals surface area (Å²) in [7, 11) is -0.806. The van der Waals surface area contributed by atoms with Crippen molar-refractivity contribution in [2.75, 3.05) is 13.1 Å². The SMILES string of the molecule is CC1(C)[C@@H]2CC3OB([C@H](Cc4ccc(C(F)(F)F)cc4)NC(=O)O[C@H]4CCCN(C(=O)CC#N)C4)O[C@@]3(C)[C@H]1C2. The van der Waals surface area contributed by atoms with E-state index in [-0.39, 0.29) is 36.8 Å². The van der Waals surface area contributed by atoms with Gasteiger partial charge in [-0.2, -0.15) is 18.4 Å². The molecule has 0 radical (unpaired) electrons. The molecule has 1 aromatic carbocycles. The Hall–Kier alpha value is -2.78. The predicted molar refractivity (Wildman–Crippen MR) is 138 cm³/mol. The highest BCUT2D eigenvalue weighted by Crippen LogP contribution is 2.65. The quantitative estimate of drug-likeness (QED) is 0.513. The molecule has 2 bridgehead atoms. The highest BCUT2D eigenvalue weighted by molar-refractivity contribution is 6.47. The third-order valence-electron chi connectivity index (χ3n) is 9.57. The third kappa shape index (κ3) is 5.42. The van der Waals surface area contributed by atoms with Gasteiger partial charge in [0.05, 0.1) is 35.8 Å². The van der Waals surface area contributed by atoms with Gasteiger partial charge in [0.1, 0.15) is 12.5 Å². The van der Waals surface area contributed by atoms with Crippen molar-refractivity contribution in [3.8, 4) is 6.07 Å². The zero-order chi connectivity index (χ0) is 28.9. The molecule has 6 atom stereocenters. The minimum absolute atomic E-state index is 0.120. The Labute approximate surface area is 232 Å². The van der Waals surface area contributed by atoms with E-state index in [0.29, 0.717) is 36.8 Å². The fraction of sp³-hybridized carbons (Fsp3) is 0.679. The number of ether oxygens (including phenoxy) is 1. The Balaban J connectivity index is 1.30. The van der Waals surface area contributed by atoms with Crippen molar-refractivity contribution < 1.29 is 36.8 Å². The molecule has 2 saturated heterocycles. The molecule has 40 heavy (non-hydrogen) atoms. The Morgan fingerprint density at radius 2 is 1.98 bits per heavy atom. The zero-order valence-electron chi connectivity index (χ0n) is 23.0. The highest BCUT2D eigenvalue weighted by Gasteiger charge is 2.68. The molecule has 8 nitrogen and oxygen atoms in total. The number of amides is 2. The van der Waals surface area contributed by atoms with Crippen molar-refractivity contribution in [2.24, 2.45) is 17.3 Å². The Bertz CT molecular complexity index is 1170. The Morgan fingerprint density at radius 3 is 2.62 bits per heavy atom. The minimum Gasteiger partial charge on any atom is -0.444 e. The van der Waals surface area contributed by atoms with Crippen molar-refractivity contribution in [1.82, 2.24) is 10.2 Å². The lowest BCUT2D eigenvalue weighted by Gasteiger charge is -2.64. The van der Waals surface area contributed by atoms with Crippen LogP contribution >= 0.6 is 0 Å². The molecule has 5 fully saturated rings. The first-order valence-corrected chi connectivity index (χ1v) is 13.9. The predicted octanol–water partition coefficient (Wildman–Crippen LogP) is 4.51. The van der Waals surface area contributed by atoms with Crippen LogP contribution in [0.3, 0.4) is 0 Å². The van der Waals surface area contributed by atoms with Gasteiger partial charge in [-0.1, -0.05) is 26.0 Å². The number of piperidine rings is 1. The van der Waals surface area contributed by atoms with Crippen LogP contribution in [0, 0.1) is 28.6 Å². The molecule has 2 aliphatic heterocycles. The summed E-state index contributed by atoms with van der Waals surface area (Å²) < 4.78 is 57.9. The average Bonchev–Trinajstić information content (AvgIpc) is 3.25. The molecule has 5 aliphatic rings. The second kappa shape index (κ2) is 10.6. The van der Waals surface area contributed by atoms with Gasteiger partial charge < -0.3 is 24.3 Å². The van der Waals surface area contributed by atoms with Gasteiger partial charge in [0.15, 0.2) is 0 Å². The van der Waals surface area contributed by atoms with Crippen LogP contribution in [0.5, 0.6) is 0 Å². The van der Waals surface area contributed by atoms with Gasteiger partial charge in [-0.3, -0.25) is 4.79 Å². The summed E-state index contributed by atoms with van der Waals surface area (Å²) in [6.07, 6.45) is -2.79. The van der Waals surface area contributed by atoms with Crippen LogP contribution in [0.4, 0.5) is 18.0 Å². The van der Waals surface area contributed by atoms with Crippen molar-refractivity contribution in [1.29, 1.82) is 5.26 Å². The third-order valence-corrected chi connectivity index (χ3v) is 9.57. The molecule has 2 amide bonds. The molecule has 6 rings (SSSR count). The Kier molecular flexibility index (Phi) is 7.59. The molecule has 3 saturated carbocycles. The molecule has 2 heterocycles. The molecule has 0 aromatic heterocycles. The molecule has 0 spiro atoms. The van der Waals surface area contributed by atoms with Gasteiger partial charge in [-0.15, -0.1) is 0 Å². The van der Waals surface area contributed by atoms with E-state index < -0.39 is 42.6 Å². The largest absolute Gasteiger partial charge is 0.482 e. The Morgan fingerprint density at radius 1 is 1.25 bits per heavy atom. The van der Waals surface area contributed by atoms with Crippen LogP contribution in [0.25, 0.3) is 0 Å². The number of rotatable bonds is 6. The molecule has 12 heteroatoms. The highest BCUT2D eigenvalue weighted by atomic mass is 19.4. The standard InChI is InChI=1S/C28H35BF3N3O5/c1-26(2)19-14-21(26)27(3)22(15-19)39-29(40-27)23(13-17-6-8-18(9-7-17)28(30,31)32)34-25(37)38-20-5-4-12-35(16-20)24(36)10-11-33/h6-9,19-23H,4-5,10,12-16H2,1-3H3,(H,34,37)/t19-,20-,21-,22?,23-,27-/m0/s1. The summed E-state index contributed by atoms with van der Waals surface area (Å²) in [6, 6.07) is 6.68. The summed E-state index contributed by atoms with van der Waals surface area (Å²) in [5, 5.41) is 11.7. The van der Waals surface area contributed by atoms with E-state index in [1.807, 2.05) is 6.07 Å². The first-order chi connectivity index (χ1) is 18.8. The van der Waals surface area contributed by atoms with Crippen LogP contribution in [-0.2, 0) is 31.4 Å². The van der Waals surface area contributed by atoms with Crippen molar-refractivity contribution in [2.45, 2.75) is 89.2 Å². The molecule has 1 unspecified atom stereocenters. The van der Waals surface area contributed by atoms with Crippen molar-refractivity contribution in [3.63, 3.8) is 0 Å². The number of carbonyl (C=O) groups excluding carboxylic acids is 2. The van der Waals surface area contributed by atoms with E-state index in [1.165, 1.54) is 17.0 Å². The molecular weight excluding hydrogens is 526 g/mol. The maximum Gasteiger partial charge on any atom is 0.482 e. The minimum atomic E-state index is -4.45. The summed E-state index contributed by atoms with van der Waals surface area (Å²) >= 11 is 0. The summed E-state index contributed by atoms with van der Waals surface area (Å²) in [5.74, 6) is -0.193. The number of halogens is 3. The molecular formula is C28H35BF3N3O5. The fourth-order valence-electron chi connectivity index (χ4n) is 7.15. The lowest BCUT2D eigenvalue weighted by atomic mass is 9.43. The van der Waals surface area contributed by atoms with Crippen molar-refractivity contribution >= 4 is 19.1 Å². The lowest BCUT2D eigenvalue weighted by molar-refractivity contribution is -0.199. The van der Waals surface area contributed by atoms with Crippen LogP contribution < -0.4 is 5.32 Å². The molecule has 3 aliphatic carbocycles. The number of hydrogen-bond donors (Lipinski definition) is 1. The topological polar surface area (TPSA) is 101 Å². The second-order valence-electron chi connectivity index (χ2n) is 12.3. The first kappa shape index (κ1) is 28.7. The van der Waals surface area contributed by atoms with Crippen molar-refractivity contribution in [3.05, 3.63) is 35.4 Å². The number of nitrogens with one attached hydrogen (secondary N) is 1. The second-order valence-corrected chi connectivity index (χ2v) is 12.3. The number of nitriles is 1. The number of carbonyl (C=O) groups is 2. The number of likely N-dealkylation sites (tertiary alicyclic amines) is 1. The summed E-state index contributed by atoms with van der Waals surface area (Å²) in [5.41, 5.74) is -0.574. The van der Waals surface area contributed by atoms with Gasteiger partial charge in [0.25, 0.3) is 0 Å². The number of alkyl halides is 3. The van der Waals surface area contributed by atoms with Crippen LogP contribution in [0.2, 0.25) is 0 Å². The van der Waals surface area contributed by atoms with Gasteiger partial charge >= 0.3 is 19.4 Å². The van der Waals surface area contributed by atoms with Gasteiger partial charge in [-0.05, 0) is 74.0 Å². The van der Waals surface area contributed by atoms with Gasteiger partial charge in [0, 0.05) is 6.54 Å². The maximum absolute atomic E-state index is 13.1. The molecule has 216 valence electrons. The van der Waals surface area contributed by atoms with Crippen LogP contribution in [-0.4, -0.2) is 60.9 Å². The van der Waals surface area contributed by atoms with Crippen LogP contribution in [0.15, 0.2) is 24.3 Å². The van der Waals surface area contributed by atoms with E-state index in [2.05, 4.69) is 26.1 Å². The fourth-order valence-corrected chi connectivity index (χ4v) is 7.15. The smallest absolute Gasteiger partial charge is 0.444 e. The number of alkyl carbamates (subject to hydrolysis) is 1. The molecule has 1 N–H and O–H groups in total. The van der Waals surface area contributed by atoms with E-state index in [0.717, 1.165) is 25.0 Å². The molecule has 1 aromatic rings. The van der Waals surface area contributed by atoms with E-state index >= 15 is 0 Å². The number of nitrogens with zero attached hydrogens (tertiary/aromatic N) is 2. The summed E-state index contributed by atoms with van der Waals surface area (Å²) in [4.78, 5) is 26.7. The zero-order valence-corrected chi connectivity index (χ0v) is 23.0. The van der Waals surface area contributed by atoms with E-state index in [4.69, 9.17) is 19.3 Å². The lowest BCUT2D eigenvalue weighted by Crippen LogP contribution is -2.65. The first-order valence-electron chi connectivity index (χ1n) is 13.9. The monoisotopic (exact) mass is 561 g/mol.